The first kappa shape index (κ1) is 14.0. The molecule has 2 aromatic heterocycles. The maximum absolute atomic E-state index is 6.54. The summed E-state index contributed by atoms with van der Waals surface area (Å²) in [5, 5.41) is 2.07. The minimum atomic E-state index is -0.201. The van der Waals surface area contributed by atoms with E-state index in [1.165, 1.54) is 4.70 Å². The van der Waals surface area contributed by atoms with Gasteiger partial charge in [0.2, 0.25) is 0 Å². The lowest BCUT2D eigenvalue weighted by atomic mass is 9.80. The standard InChI is InChI=1S/C16H22N2OS/c1-15(2)8-11(16(3,4)19-15)14(17)10-7-13-12(18-9-10)5-6-20-13/h5-7,9,11,14H,8,17H2,1-4H3. The number of nitrogens with two attached hydrogens (primary N) is 1. The Morgan fingerprint density at radius 1 is 1.40 bits per heavy atom. The highest BCUT2D eigenvalue weighted by Crippen LogP contribution is 2.47. The van der Waals surface area contributed by atoms with Gasteiger partial charge >= 0.3 is 0 Å². The number of thiophene rings is 1. The van der Waals surface area contributed by atoms with Gasteiger partial charge in [-0.2, -0.15) is 0 Å². The van der Waals surface area contributed by atoms with Crippen LogP contribution in [0, 0.1) is 5.92 Å². The van der Waals surface area contributed by atoms with E-state index in [4.69, 9.17) is 10.5 Å². The average molecular weight is 290 g/mol. The Labute approximate surface area is 124 Å². The molecule has 4 heteroatoms. The van der Waals surface area contributed by atoms with Crippen molar-refractivity contribution in [1.82, 2.24) is 4.98 Å². The monoisotopic (exact) mass is 290 g/mol. The molecule has 0 spiro atoms. The molecular weight excluding hydrogens is 268 g/mol. The summed E-state index contributed by atoms with van der Waals surface area (Å²) < 4.78 is 7.37. The van der Waals surface area contributed by atoms with Crippen molar-refractivity contribution in [3.63, 3.8) is 0 Å². The molecule has 1 saturated heterocycles. The summed E-state index contributed by atoms with van der Waals surface area (Å²) in [6, 6.07) is 4.19. The van der Waals surface area contributed by atoms with E-state index < -0.39 is 0 Å². The van der Waals surface area contributed by atoms with Crippen LogP contribution in [0.25, 0.3) is 10.2 Å². The van der Waals surface area contributed by atoms with Crippen molar-refractivity contribution < 1.29 is 4.74 Å². The van der Waals surface area contributed by atoms with Gasteiger partial charge in [-0.05, 0) is 57.2 Å². The van der Waals surface area contributed by atoms with Crippen LogP contribution in [0.15, 0.2) is 23.7 Å². The number of nitrogens with zero attached hydrogens (tertiary/aromatic N) is 1. The van der Waals surface area contributed by atoms with E-state index in [0.717, 1.165) is 17.5 Å². The quantitative estimate of drug-likeness (QED) is 0.912. The maximum Gasteiger partial charge on any atom is 0.0809 e. The van der Waals surface area contributed by atoms with Crippen molar-refractivity contribution in [2.45, 2.75) is 51.4 Å². The van der Waals surface area contributed by atoms with Gasteiger partial charge < -0.3 is 10.5 Å². The molecule has 0 aromatic carbocycles. The van der Waals surface area contributed by atoms with Gasteiger partial charge in [-0.25, -0.2) is 0 Å². The molecule has 2 unspecified atom stereocenters. The maximum atomic E-state index is 6.54. The number of aromatic nitrogens is 1. The topological polar surface area (TPSA) is 48.1 Å². The Kier molecular flexibility index (Phi) is 3.16. The first-order valence-corrected chi connectivity index (χ1v) is 7.95. The molecule has 108 valence electrons. The van der Waals surface area contributed by atoms with Crippen LogP contribution in [0.4, 0.5) is 0 Å². The van der Waals surface area contributed by atoms with Crippen LogP contribution in [-0.4, -0.2) is 16.2 Å². The summed E-state index contributed by atoms with van der Waals surface area (Å²) >= 11 is 1.71. The van der Waals surface area contributed by atoms with Crippen LogP contribution in [-0.2, 0) is 4.74 Å². The second-order valence-corrected chi connectivity index (χ2v) is 7.82. The molecule has 0 bridgehead atoms. The van der Waals surface area contributed by atoms with Crippen LogP contribution in [0.1, 0.15) is 45.7 Å². The minimum absolute atomic E-state index is 0.0363. The summed E-state index contributed by atoms with van der Waals surface area (Å²) in [7, 11) is 0. The summed E-state index contributed by atoms with van der Waals surface area (Å²) in [5.74, 6) is 0.303. The number of rotatable bonds is 2. The SMILES string of the molecule is CC1(C)CC(C(N)c2cnc3ccsc3c2)C(C)(C)O1. The highest BCUT2D eigenvalue weighted by molar-refractivity contribution is 7.17. The van der Waals surface area contributed by atoms with Crippen molar-refractivity contribution >= 4 is 21.6 Å². The fraction of sp³-hybridized carbons (Fsp3) is 0.562. The highest BCUT2D eigenvalue weighted by atomic mass is 32.1. The Bertz CT molecular complexity index is 632. The highest BCUT2D eigenvalue weighted by Gasteiger charge is 2.48. The fourth-order valence-corrected chi connectivity index (χ4v) is 4.23. The number of ether oxygens (including phenoxy) is 1. The summed E-state index contributed by atoms with van der Waals surface area (Å²) in [6.07, 6.45) is 2.89. The summed E-state index contributed by atoms with van der Waals surface area (Å²) in [5.41, 5.74) is 8.40. The van der Waals surface area contributed by atoms with Crippen LogP contribution < -0.4 is 5.73 Å². The van der Waals surface area contributed by atoms with Crippen molar-refractivity contribution in [3.05, 3.63) is 29.3 Å². The molecule has 0 radical (unpaired) electrons. The lowest BCUT2D eigenvalue weighted by molar-refractivity contribution is -0.0767. The molecular formula is C16H22N2OS. The summed E-state index contributed by atoms with van der Waals surface area (Å²) in [4.78, 5) is 4.51. The van der Waals surface area contributed by atoms with Crippen molar-refractivity contribution in [1.29, 1.82) is 0 Å². The first-order chi connectivity index (χ1) is 9.28. The van der Waals surface area contributed by atoms with E-state index >= 15 is 0 Å². The molecule has 1 aliphatic heterocycles. The van der Waals surface area contributed by atoms with Gasteiger partial charge in [0.05, 0.1) is 21.4 Å². The molecule has 1 fully saturated rings. The molecule has 2 N–H and O–H groups in total. The second-order valence-electron chi connectivity index (χ2n) is 6.87. The normalized spacial score (nSPS) is 25.9. The molecule has 3 heterocycles. The van der Waals surface area contributed by atoms with Gasteiger partial charge in [0, 0.05) is 18.2 Å². The largest absolute Gasteiger partial charge is 0.369 e. The fourth-order valence-electron chi connectivity index (χ4n) is 3.44. The third kappa shape index (κ3) is 2.36. The predicted molar refractivity (Wildman–Crippen MR) is 83.9 cm³/mol. The van der Waals surface area contributed by atoms with Crippen LogP contribution in [0.3, 0.4) is 0 Å². The summed E-state index contributed by atoms with van der Waals surface area (Å²) in [6.45, 7) is 8.57. The van der Waals surface area contributed by atoms with Gasteiger partial charge in [-0.3, -0.25) is 4.98 Å². The average Bonchev–Trinajstić information content (AvgIpc) is 2.88. The zero-order chi connectivity index (χ0) is 14.5. The smallest absolute Gasteiger partial charge is 0.0809 e. The number of hydrogen-bond donors (Lipinski definition) is 1. The van der Waals surface area contributed by atoms with Gasteiger partial charge in [0.25, 0.3) is 0 Å². The van der Waals surface area contributed by atoms with E-state index in [0.29, 0.717) is 5.92 Å². The molecule has 3 nitrogen and oxygen atoms in total. The number of fused-ring (bicyclic) bond motifs is 1. The van der Waals surface area contributed by atoms with Crippen molar-refractivity contribution in [3.8, 4) is 0 Å². The minimum Gasteiger partial charge on any atom is -0.369 e. The lowest BCUT2D eigenvalue weighted by Crippen LogP contribution is -2.35. The van der Waals surface area contributed by atoms with Crippen LogP contribution in [0.2, 0.25) is 0 Å². The van der Waals surface area contributed by atoms with Crippen molar-refractivity contribution in [2.75, 3.05) is 0 Å². The molecule has 2 atom stereocenters. The van der Waals surface area contributed by atoms with Gasteiger partial charge in [-0.1, -0.05) is 0 Å². The van der Waals surface area contributed by atoms with Gasteiger partial charge in [0.15, 0.2) is 0 Å². The zero-order valence-electron chi connectivity index (χ0n) is 12.5. The van der Waals surface area contributed by atoms with Crippen LogP contribution >= 0.6 is 11.3 Å². The Morgan fingerprint density at radius 3 is 2.80 bits per heavy atom. The molecule has 1 aliphatic rings. The molecule has 0 amide bonds. The van der Waals surface area contributed by atoms with E-state index in [2.05, 4.69) is 44.1 Å². The lowest BCUT2D eigenvalue weighted by Gasteiger charge is -2.31. The van der Waals surface area contributed by atoms with E-state index in [1.54, 1.807) is 11.3 Å². The van der Waals surface area contributed by atoms with E-state index in [9.17, 15) is 0 Å². The molecule has 20 heavy (non-hydrogen) atoms. The number of pyridine rings is 1. The first-order valence-electron chi connectivity index (χ1n) is 7.07. The Hall–Kier alpha value is -0.970. The molecule has 0 saturated carbocycles. The van der Waals surface area contributed by atoms with Crippen LogP contribution in [0.5, 0.6) is 0 Å². The molecule has 3 rings (SSSR count). The third-order valence-electron chi connectivity index (χ3n) is 4.29. The Balaban J connectivity index is 1.93. The van der Waals surface area contributed by atoms with Gasteiger partial charge in [-0.15, -0.1) is 11.3 Å². The Morgan fingerprint density at radius 2 is 2.15 bits per heavy atom. The van der Waals surface area contributed by atoms with Gasteiger partial charge in [0.1, 0.15) is 0 Å². The van der Waals surface area contributed by atoms with E-state index in [-0.39, 0.29) is 17.2 Å². The molecule has 2 aromatic rings. The number of hydrogen-bond acceptors (Lipinski definition) is 4. The zero-order valence-corrected chi connectivity index (χ0v) is 13.3. The molecule has 0 aliphatic carbocycles. The predicted octanol–water partition coefficient (Wildman–Crippen LogP) is 3.89. The third-order valence-corrected chi connectivity index (χ3v) is 5.14. The van der Waals surface area contributed by atoms with Crippen molar-refractivity contribution in [2.24, 2.45) is 11.7 Å². The second kappa shape index (κ2) is 4.52. The van der Waals surface area contributed by atoms with E-state index in [1.807, 2.05) is 12.3 Å².